The number of likely N-dealkylation sites (tertiary alicyclic amines) is 1. The predicted octanol–water partition coefficient (Wildman–Crippen LogP) is 2.68. The van der Waals surface area contributed by atoms with Crippen LogP contribution in [0.1, 0.15) is 28.3 Å². The van der Waals surface area contributed by atoms with Gasteiger partial charge in [0.1, 0.15) is 12.1 Å². The van der Waals surface area contributed by atoms with Crippen molar-refractivity contribution in [3.05, 3.63) is 66.0 Å². The number of rotatable bonds is 4. The number of carbonyl (C=O) groups is 2. The van der Waals surface area contributed by atoms with Gasteiger partial charge in [0.05, 0.1) is 17.1 Å². The molecule has 4 rings (SSSR count). The van der Waals surface area contributed by atoms with Gasteiger partial charge in [0.25, 0.3) is 5.91 Å². The fourth-order valence-corrected chi connectivity index (χ4v) is 3.95. The van der Waals surface area contributed by atoms with E-state index in [1.807, 2.05) is 24.3 Å². The molecule has 2 heterocycles. The first kappa shape index (κ1) is 18.7. The molecule has 1 aromatic heterocycles. The van der Waals surface area contributed by atoms with Gasteiger partial charge < -0.3 is 21.1 Å². The highest BCUT2D eigenvalue weighted by Crippen LogP contribution is 2.32. The second-order valence-electron chi connectivity index (χ2n) is 7.07. The average Bonchev–Trinajstić information content (AvgIpc) is 2.74. The Labute approximate surface area is 167 Å². The molecule has 2 atom stereocenters. The summed E-state index contributed by atoms with van der Waals surface area (Å²) in [6, 6.07) is 15.0. The maximum Gasteiger partial charge on any atom is 0.407 e. The summed E-state index contributed by atoms with van der Waals surface area (Å²) in [6.07, 6.45) is 1.14. The van der Waals surface area contributed by atoms with E-state index < -0.39 is 12.0 Å². The molecule has 2 unspecified atom stereocenters. The molecule has 3 aromatic rings. The van der Waals surface area contributed by atoms with E-state index in [0.29, 0.717) is 41.8 Å². The summed E-state index contributed by atoms with van der Waals surface area (Å²) in [5, 5.41) is 13.6. The lowest BCUT2D eigenvalue weighted by molar-refractivity contribution is 0.100. The molecular formula is C21H21N5O3. The maximum atomic E-state index is 11.7. The lowest BCUT2D eigenvalue weighted by Crippen LogP contribution is -2.48. The molecular weight excluding hydrogens is 370 g/mol. The number of carboxylic acid groups (broad SMARTS) is 1. The van der Waals surface area contributed by atoms with Gasteiger partial charge in [0.2, 0.25) is 0 Å². The van der Waals surface area contributed by atoms with Crippen LogP contribution in [0.2, 0.25) is 0 Å². The molecule has 8 heteroatoms. The van der Waals surface area contributed by atoms with Crippen molar-refractivity contribution in [3.8, 4) is 0 Å². The van der Waals surface area contributed by atoms with Crippen molar-refractivity contribution >= 4 is 28.7 Å². The first-order valence-electron chi connectivity index (χ1n) is 9.37. The van der Waals surface area contributed by atoms with E-state index in [9.17, 15) is 14.7 Å². The van der Waals surface area contributed by atoms with Crippen LogP contribution in [0.5, 0.6) is 0 Å². The molecule has 29 heavy (non-hydrogen) atoms. The number of para-hydroxylation sites is 1. The smallest absolute Gasteiger partial charge is 0.407 e. The lowest BCUT2D eigenvalue weighted by atomic mass is 9.85. The second kappa shape index (κ2) is 7.75. The highest BCUT2D eigenvalue weighted by atomic mass is 16.4. The molecule has 0 bridgehead atoms. The topological polar surface area (TPSA) is 121 Å². The highest BCUT2D eigenvalue weighted by Gasteiger charge is 2.33. The zero-order valence-electron chi connectivity index (χ0n) is 15.7. The summed E-state index contributed by atoms with van der Waals surface area (Å²) in [6.45, 7) is 0.805. The van der Waals surface area contributed by atoms with Crippen molar-refractivity contribution in [2.45, 2.75) is 18.4 Å². The van der Waals surface area contributed by atoms with Gasteiger partial charge in [-0.05, 0) is 24.1 Å². The Morgan fingerprint density at radius 3 is 2.62 bits per heavy atom. The first-order valence-corrected chi connectivity index (χ1v) is 9.37. The third-order valence-corrected chi connectivity index (χ3v) is 5.36. The van der Waals surface area contributed by atoms with Gasteiger partial charge in [-0.15, -0.1) is 0 Å². The van der Waals surface area contributed by atoms with Gasteiger partial charge in [0, 0.05) is 24.4 Å². The summed E-state index contributed by atoms with van der Waals surface area (Å²) in [5.74, 6) is 0.115. The van der Waals surface area contributed by atoms with Crippen molar-refractivity contribution in [1.82, 2.24) is 14.9 Å². The van der Waals surface area contributed by atoms with Gasteiger partial charge >= 0.3 is 6.09 Å². The largest absolute Gasteiger partial charge is 0.465 e. The zero-order valence-corrected chi connectivity index (χ0v) is 15.7. The normalized spacial score (nSPS) is 19.1. The zero-order chi connectivity index (χ0) is 20.4. The van der Waals surface area contributed by atoms with E-state index in [0.717, 1.165) is 5.56 Å². The number of amides is 2. The number of hydrogen-bond acceptors (Lipinski definition) is 5. The fraction of sp³-hybridized carbons (Fsp3) is 0.238. The minimum Gasteiger partial charge on any atom is -0.465 e. The maximum absolute atomic E-state index is 11.7. The van der Waals surface area contributed by atoms with Crippen LogP contribution in [0.25, 0.3) is 10.9 Å². The van der Waals surface area contributed by atoms with Crippen LogP contribution < -0.4 is 11.1 Å². The Kier molecular flexibility index (Phi) is 4.99. The van der Waals surface area contributed by atoms with Crippen LogP contribution in [0, 0.1) is 0 Å². The Balaban J connectivity index is 1.72. The number of hydrogen-bond donors (Lipinski definition) is 3. The number of nitrogens with zero attached hydrogens (tertiary/aromatic N) is 3. The monoisotopic (exact) mass is 391 g/mol. The van der Waals surface area contributed by atoms with Crippen molar-refractivity contribution < 1.29 is 14.7 Å². The number of nitrogens with two attached hydrogens (primary N) is 1. The van der Waals surface area contributed by atoms with Crippen LogP contribution in [0.3, 0.4) is 0 Å². The van der Waals surface area contributed by atoms with Gasteiger partial charge in [0.15, 0.2) is 0 Å². The fourth-order valence-electron chi connectivity index (χ4n) is 3.95. The van der Waals surface area contributed by atoms with Crippen molar-refractivity contribution in [2.24, 2.45) is 5.73 Å². The summed E-state index contributed by atoms with van der Waals surface area (Å²) < 4.78 is 0. The summed E-state index contributed by atoms with van der Waals surface area (Å²) in [5.41, 5.74) is 7.41. The number of benzene rings is 2. The lowest BCUT2D eigenvalue weighted by Gasteiger charge is -2.38. The summed E-state index contributed by atoms with van der Waals surface area (Å²) >= 11 is 0. The van der Waals surface area contributed by atoms with E-state index in [-0.39, 0.29) is 12.0 Å². The van der Waals surface area contributed by atoms with Crippen molar-refractivity contribution in [1.29, 1.82) is 0 Å². The SMILES string of the molecule is NC(=O)c1cccc2c(NC3CN(C(=O)O)CCC3c3ccccc3)ncnc12. The molecule has 1 aliphatic heterocycles. The second-order valence-corrected chi connectivity index (χ2v) is 7.07. The summed E-state index contributed by atoms with van der Waals surface area (Å²) in [4.78, 5) is 33.3. The predicted molar refractivity (Wildman–Crippen MR) is 109 cm³/mol. The van der Waals surface area contributed by atoms with Gasteiger partial charge in [-0.1, -0.05) is 36.4 Å². The molecule has 1 saturated heterocycles. The number of primary amides is 1. The molecule has 0 aliphatic carbocycles. The molecule has 1 aliphatic rings. The van der Waals surface area contributed by atoms with Crippen LogP contribution in [-0.2, 0) is 0 Å². The average molecular weight is 391 g/mol. The van der Waals surface area contributed by atoms with Gasteiger partial charge in [-0.3, -0.25) is 4.79 Å². The van der Waals surface area contributed by atoms with Crippen LogP contribution in [-0.4, -0.2) is 51.1 Å². The highest BCUT2D eigenvalue weighted by molar-refractivity contribution is 6.06. The number of carbonyl (C=O) groups excluding carboxylic acids is 1. The molecule has 4 N–H and O–H groups in total. The first-order chi connectivity index (χ1) is 14.0. The Bertz CT molecular complexity index is 1060. The molecule has 0 saturated carbocycles. The van der Waals surface area contributed by atoms with Crippen LogP contribution in [0.4, 0.5) is 10.6 Å². The van der Waals surface area contributed by atoms with Crippen molar-refractivity contribution in [2.75, 3.05) is 18.4 Å². The third-order valence-electron chi connectivity index (χ3n) is 5.36. The number of fused-ring (bicyclic) bond motifs is 1. The minimum atomic E-state index is -0.938. The Hall–Kier alpha value is -3.68. The van der Waals surface area contributed by atoms with E-state index in [4.69, 9.17) is 5.73 Å². The van der Waals surface area contributed by atoms with E-state index in [1.54, 1.807) is 12.1 Å². The molecule has 1 fully saturated rings. The standard InChI is InChI=1S/C21H21N5O3/c22-19(27)15-7-4-8-16-18(15)23-12-24-20(16)25-17-11-26(21(28)29)10-9-14(17)13-5-2-1-3-6-13/h1-8,12,14,17H,9-11H2,(H2,22,27)(H,28,29)(H,23,24,25). The van der Waals surface area contributed by atoms with E-state index in [2.05, 4.69) is 27.4 Å². The molecule has 2 amide bonds. The molecule has 0 spiro atoms. The quantitative estimate of drug-likeness (QED) is 0.629. The van der Waals surface area contributed by atoms with Crippen molar-refractivity contribution in [3.63, 3.8) is 0 Å². The van der Waals surface area contributed by atoms with Crippen LogP contribution >= 0.6 is 0 Å². The number of nitrogens with one attached hydrogen (secondary N) is 1. The van der Waals surface area contributed by atoms with Crippen LogP contribution in [0.15, 0.2) is 54.9 Å². The van der Waals surface area contributed by atoms with Gasteiger partial charge in [-0.2, -0.15) is 0 Å². The Morgan fingerprint density at radius 2 is 1.90 bits per heavy atom. The van der Waals surface area contributed by atoms with E-state index in [1.165, 1.54) is 11.2 Å². The molecule has 0 radical (unpaired) electrons. The molecule has 8 nitrogen and oxygen atoms in total. The van der Waals surface area contributed by atoms with E-state index >= 15 is 0 Å². The minimum absolute atomic E-state index is 0.121. The third kappa shape index (κ3) is 3.69. The molecule has 2 aromatic carbocycles. The molecule has 148 valence electrons. The Morgan fingerprint density at radius 1 is 1.10 bits per heavy atom. The number of piperidine rings is 1. The number of aromatic nitrogens is 2. The number of anilines is 1. The van der Waals surface area contributed by atoms with Gasteiger partial charge in [-0.25, -0.2) is 14.8 Å². The summed E-state index contributed by atoms with van der Waals surface area (Å²) in [7, 11) is 0.